The van der Waals surface area contributed by atoms with Crippen molar-refractivity contribution >= 4 is 0 Å². The van der Waals surface area contributed by atoms with Crippen LogP contribution in [0.4, 0.5) is 0 Å². The number of hydrogen-bond acceptors (Lipinski definition) is 2. The Kier molecular flexibility index (Phi) is 2.95. The van der Waals surface area contributed by atoms with Gasteiger partial charge in [0.1, 0.15) is 0 Å². The van der Waals surface area contributed by atoms with Crippen molar-refractivity contribution in [3.63, 3.8) is 0 Å². The number of aromatic nitrogens is 1. The summed E-state index contributed by atoms with van der Waals surface area (Å²) in [6.45, 7) is 3.60. The Hall–Kier alpha value is -2.10. The summed E-state index contributed by atoms with van der Waals surface area (Å²) in [6.07, 6.45) is 0.990. The highest BCUT2D eigenvalue weighted by atomic mass is 16.6. The maximum absolute atomic E-state index is 10.8. The molecule has 17 heavy (non-hydrogen) atoms. The third kappa shape index (κ3) is 2.20. The Morgan fingerprint density at radius 1 is 1.24 bits per heavy atom. The first-order valence-corrected chi connectivity index (χ1v) is 5.47. The molecule has 1 aromatic carbocycles. The predicted molar refractivity (Wildman–Crippen MR) is 66.3 cm³/mol. The van der Waals surface area contributed by atoms with Crippen LogP contribution in [0.15, 0.2) is 42.6 Å². The molecule has 2 rings (SSSR count). The molecule has 1 unspecified atom stereocenters. The molecule has 2 aromatic rings. The first-order chi connectivity index (χ1) is 8.09. The average Bonchev–Trinajstić information content (AvgIpc) is 2.77. The molecule has 0 radical (unpaired) electrons. The monoisotopic (exact) mass is 230 g/mol. The van der Waals surface area contributed by atoms with E-state index in [-0.39, 0.29) is 4.92 Å². The molecule has 0 saturated carbocycles. The normalized spacial score (nSPS) is 12.4. The Labute approximate surface area is 99.7 Å². The lowest BCUT2D eigenvalue weighted by molar-refractivity contribution is -0.543. The van der Waals surface area contributed by atoms with Gasteiger partial charge < -0.3 is 0 Å². The maximum Gasteiger partial charge on any atom is 0.288 e. The van der Waals surface area contributed by atoms with E-state index in [1.54, 1.807) is 17.7 Å². The van der Waals surface area contributed by atoms with Gasteiger partial charge in [-0.05, 0) is 24.6 Å². The minimum atomic E-state index is -0.749. The summed E-state index contributed by atoms with van der Waals surface area (Å²) in [5, 5.41) is 10.8. The van der Waals surface area contributed by atoms with E-state index in [0.717, 1.165) is 11.3 Å². The number of hydrogen-bond donors (Lipinski definition) is 0. The fourth-order valence-corrected chi connectivity index (χ4v) is 1.79. The molecule has 0 amide bonds. The Bertz CT molecular complexity index is 529. The fourth-order valence-electron chi connectivity index (χ4n) is 1.79. The summed E-state index contributed by atoms with van der Waals surface area (Å²) in [5.41, 5.74) is 3.04. The SMILES string of the molecule is Cc1ccc(-c2cccn2C(C)[N+](=O)[O-])cc1. The van der Waals surface area contributed by atoms with Crippen molar-refractivity contribution in [2.45, 2.75) is 20.0 Å². The van der Waals surface area contributed by atoms with Crippen LogP contribution in [0.25, 0.3) is 11.3 Å². The topological polar surface area (TPSA) is 48.1 Å². The minimum absolute atomic E-state index is 0.294. The zero-order valence-corrected chi connectivity index (χ0v) is 9.83. The van der Waals surface area contributed by atoms with Crippen LogP contribution in [0.3, 0.4) is 0 Å². The summed E-state index contributed by atoms with van der Waals surface area (Å²) in [7, 11) is 0. The zero-order valence-electron chi connectivity index (χ0n) is 9.83. The van der Waals surface area contributed by atoms with Crippen LogP contribution in [0.5, 0.6) is 0 Å². The molecule has 0 saturated heterocycles. The van der Waals surface area contributed by atoms with Gasteiger partial charge in [-0.15, -0.1) is 0 Å². The van der Waals surface area contributed by atoms with E-state index in [1.165, 1.54) is 5.56 Å². The molecule has 4 heteroatoms. The van der Waals surface area contributed by atoms with Crippen molar-refractivity contribution in [2.24, 2.45) is 0 Å². The molecule has 0 bridgehead atoms. The highest BCUT2D eigenvalue weighted by Gasteiger charge is 2.17. The van der Waals surface area contributed by atoms with Crippen molar-refractivity contribution in [1.82, 2.24) is 4.57 Å². The van der Waals surface area contributed by atoms with Crippen molar-refractivity contribution in [3.8, 4) is 11.3 Å². The van der Waals surface area contributed by atoms with Crippen molar-refractivity contribution < 1.29 is 4.92 Å². The van der Waals surface area contributed by atoms with Gasteiger partial charge in [0.15, 0.2) is 0 Å². The van der Waals surface area contributed by atoms with Gasteiger partial charge in [-0.2, -0.15) is 0 Å². The van der Waals surface area contributed by atoms with Crippen molar-refractivity contribution in [3.05, 3.63) is 58.3 Å². The van der Waals surface area contributed by atoms with Gasteiger partial charge in [-0.25, -0.2) is 0 Å². The van der Waals surface area contributed by atoms with Crippen LogP contribution in [0.2, 0.25) is 0 Å². The van der Waals surface area contributed by atoms with Crippen LogP contribution < -0.4 is 0 Å². The lowest BCUT2D eigenvalue weighted by Crippen LogP contribution is -2.14. The maximum atomic E-state index is 10.8. The molecule has 0 N–H and O–H groups in total. The molecule has 1 aromatic heterocycles. The number of rotatable bonds is 3. The van der Waals surface area contributed by atoms with Crippen LogP contribution in [0, 0.1) is 17.0 Å². The Morgan fingerprint density at radius 2 is 1.88 bits per heavy atom. The van der Waals surface area contributed by atoms with Crippen LogP contribution in [-0.2, 0) is 0 Å². The molecule has 0 aliphatic heterocycles. The number of nitro groups is 1. The molecular weight excluding hydrogens is 216 g/mol. The van der Waals surface area contributed by atoms with Gasteiger partial charge in [0, 0.05) is 18.0 Å². The first kappa shape index (κ1) is 11.4. The summed E-state index contributed by atoms with van der Waals surface area (Å²) in [4.78, 5) is 10.5. The number of benzene rings is 1. The molecule has 0 aliphatic rings. The van der Waals surface area contributed by atoms with Crippen LogP contribution in [-0.4, -0.2) is 9.49 Å². The van der Waals surface area contributed by atoms with E-state index in [1.807, 2.05) is 43.3 Å². The lowest BCUT2D eigenvalue weighted by atomic mass is 10.1. The van der Waals surface area contributed by atoms with E-state index < -0.39 is 6.17 Å². The molecule has 4 nitrogen and oxygen atoms in total. The smallest absolute Gasteiger partial charge is 0.285 e. The van der Waals surface area contributed by atoms with Crippen LogP contribution in [0.1, 0.15) is 18.7 Å². The molecule has 0 spiro atoms. The molecule has 0 fully saturated rings. The number of nitrogens with zero attached hydrogens (tertiary/aromatic N) is 2. The van der Waals surface area contributed by atoms with Gasteiger partial charge in [0.05, 0.1) is 5.69 Å². The lowest BCUT2D eigenvalue weighted by Gasteiger charge is -2.11. The summed E-state index contributed by atoms with van der Waals surface area (Å²) in [5.74, 6) is 0. The Balaban J connectivity index is 2.43. The second-order valence-electron chi connectivity index (χ2n) is 4.08. The summed E-state index contributed by atoms with van der Waals surface area (Å²) < 4.78 is 1.67. The van der Waals surface area contributed by atoms with E-state index in [4.69, 9.17) is 0 Å². The molecule has 88 valence electrons. The first-order valence-electron chi connectivity index (χ1n) is 5.47. The zero-order chi connectivity index (χ0) is 12.4. The minimum Gasteiger partial charge on any atom is -0.285 e. The van der Waals surface area contributed by atoms with Crippen molar-refractivity contribution in [2.75, 3.05) is 0 Å². The third-order valence-corrected chi connectivity index (χ3v) is 2.83. The molecule has 0 aliphatic carbocycles. The van der Waals surface area contributed by atoms with E-state index in [9.17, 15) is 10.1 Å². The van der Waals surface area contributed by atoms with Crippen molar-refractivity contribution in [1.29, 1.82) is 0 Å². The van der Waals surface area contributed by atoms with E-state index in [0.29, 0.717) is 0 Å². The number of aryl methyl sites for hydroxylation is 1. The van der Waals surface area contributed by atoms with E-state index in [2.05, 4.69) is 0 Å². The van der Waals surface area contributed by atoms with Gasteiger partial charge >= 0.3 is 0 Å². The van der Waals surface area contributed by atoms with Gasteiger partial charge in [-0.1, -0.05) is 29.8 Å². The summed E-state index contributed by atoms with van der Waals surface area (Å²) in [6, 6.07) is 11.7. The van der Waals surface area contributed by atoms with Gasteiger partial charge in [0.2, 0.25) is 0 Å². The summed E-state index contributed by atoms with van der Waals surface area (Å²) >= 11 is 0. The quantitative estimate of drug-likeness (QED) is 0.600. The highest BCUT2D eigenvalue weighted by Crippen LogP contribution is 2.24. The van der Waals surface area contributed by atoms with Gasteiger partial charge in [-0.3, -0.25) is 14.7 Å². The average molecular weight is 230 g/mol. The predicted octanol–water partition coefficient (Wildman–Crippen LogP) is 3.26. The second kappa shape index (κ2) is 4.41. The second-order valence-corrected chi connectivity index (χ2v) is 4.08. The third-order valence-electron chi connectivity index (χ3n) is 2.83. The van der Waals surface area contributed by atoms with Crippen LogP contribution >= 0.6 is 0 Å². The molecule has 1 heterocycles. The fraction of sp³-hybridized carbons (Fsp3) is 0.231. The standard InChI is InChI=1S/C13H14N2O2/c1-10-5-7-12(8-6-10)13-4-3-9-14(13)11(2)15(16)17/h3-9,11H,1-2H3. The van der Waals surface area contributed by atoms with E-state index >= 15 is 0 Å². The molecular formula is C13H14N2O2. The molecule has 1 atom stereocenters. The highest BCUT2D eigenvalue weighted by molar-refractivity contribution is 5.60. The Morgan fingerprint density at radius 3 is 2.47 bits per heavy atom. The largest absolute Gasteiger partial charge is 0.288 e. The van der Waals surface area contributed by atoms with Gasteiger partial charge in [0.25, 0.3) is 6.17 Å².